The van der Waals surface area contributed by atoms with Crippen LogP contribution in [0.3, 0.4) is 0 Å². The number of benzene rings is 3. The molecule has 0 saturated heterocycles. The van der Waals surface area contributed by atoms with Gasteiger partial charge in [0.25, 0.3) is 0 Å². The highest BCUT2D eigenvalue weighted by Gasteiger charge is 2.21. The fraction of sp³-hybridized carbons (Fsp3) is 0.0741. The predicted octanol–water partition coefficient (Wildman–Crippen LogP) is 4.80. The fourth-order valence-corrected chi connectivity index (χ4v) is 3.89. The molecule has 0 N–H and O–H groups in total. The second kappa shape index (κ2) is 8.83. The Labute approximate surface area is 197 Å². The SMILES string of the molecule is COc1cccc(OC)c1C(=O)Oc1ccc2c(-c3cc4ccccc4oc3=O)cc(=O)oc2c1. The molecule has 2 heterocycles. The van der Waals surface area contributed by atoms with Crippen molar-refractivity contribution in [2.45, 2.75) is 0 Å². The summed E-state index contributed by atoms with van der Waals surface area (Å²) in [6.45, 7) is 0. The van der Waals surface area contributed by atoms with E-state index in [2.05, 4.69) is 0 Å². The van der Waals surface area contributed by atoms with Crippen molar-refractivity contribution in [1.29, 1.82) is 0 Å². The normalized spacial score (nSPS) is 10.9. The molecule has 0 fully saturated rings. The van der Waals surface area contributed by atoms with Gasteiger partial charge >= 0.3 is 17.2 Å². The van der Waals surface area contributed by atoms with E-state index in [1.54, 1.807) is 48.5 Å². The molecule has 0 aliphatic rings. The molecular weight excluding hydrogens is 452 g/mol. The standard InChI is InChI=1S/C27H18O8/c1-31-21-8-5-9-22(32-2)25(21)27(30)33-16-10-11-17-18(14-24(28)34-23(17)13-16)19-12-15-6-3-4-7-20(15)35-26(19)29/h3-14H,1-2H3. The van der Waals surface area contributed by atoms with Gasteiger partial charge in [-0.2, -0.15) is 0 Å². The Hall–Kier alpha value is -4.85. The second-order valence-corrected chi connectivity index (χ2v) is 7.55. The molecule has 0 aliphatic heterocycles. The lowest BCUT2D eigenvalue weighted by atomic mass is 10.0. The number of fused-ring (bicyclic) bond motifs is 2. The average Bonchev–Trinajstić information content (AvgIpc) is 2.87. The summed E-state index contributed by atoms with van der Waals surface area (Å²) in [6.07, 6.45) is 0. The van der Waals surface area contributed by atoms with Gasteiger partial charge in [-0.3, -0.25) is 0 Å². The largest absolute Gasteiger partial charge is 0.496 e. The van der Waals surface area contributed by atoms with E-state index < -0.39 is 17.2 Å². The van der Waals surface area contributed by atoms with Crippen molar-refractivity contribution in [2.24, 2.45) is 0 Å². The van der Waals surface area contributed by atoms with Crippen LogP contribution in [0.5, 0.6) is 17.2 Å². The van der Waals surface area contributed by atoms with Gasteiger partial charge in [-0.1, -0.05) is 24.3 Å². The van der Waals surface area contributed by atoms with Gasteiger partial charge < -0.3 is 23.0 Å². The third-order valence-corrected chi connectivity index (χ3v) is 5.49. The van der Waals surface area contributed by atoms with Crippen molar-refractivity contribution in [3.05, 3.63) is 99.2 Å². The van der Waals surface area contributed by atoms with Crippen LogP contribution >= 0.6 is 0 Å². The number of hydrogen-bond acceptors (Lipinski definition) is 8. The zero-order chi connectivity index (χ0) is 24.5. The molecule has 0 radical (unpaired) electrons. The summed E-state index contributed by atoms with van der Waals surface area (Å²) in [5.41, 5.74) is -0.0113. The Balaban J connectivity index is 1.58. The molecule has 0 unspecified atom stereocenters. The number of methoxy groups -OCH3 is 2. The molecular formula is C27H18O8. The van der Waals surface area contributed by atoms with Gasteiger partial charge in [0.15, 0.2) is 0 Å². The monoisotopic (exact) mass is 470 g/mol. The Bertz CT molecular complexity index is 1690. The molecule has 0 atom stereocenters. The van der Waals surface area contributed by atoms with Gasteiger partial charge in [0.2, 0.25) is 0 Å². The van der Waals surface area contributed by atoms with Crippen LogP contribution in [0, 0.1) is 0 Å². The maximum atomic E-state index is 12.9. The van der Waals surface area contributed by atoms with Crippen LogP contribution in [0.2, 0.25) is 0 Å². The van der Waals surface area contributed by atoms with Gasteiger partial charge in [-0.05, 0) is 36.4 Å². The quantitative estimate of drug-likeness (QED) is 0.205. The topological polar surface area (TPSA) is 105 Å². The minimum absolute atomic E-state index is 0.113. The first-order valence-electron chi connectivity index (χ1n) is 10.5. The molecule has 35 heavy (non-hydrogen) atoms. The van der Waals surface area contributed by atoms with Crippen LogP contribution in [0.15, 0.2) is 91.2 Å². The van der Waals surface area contributed by atoms with Crippen molar-refractivity contribution in [1.82, 2.24) is 0 Å². The van der Waals surface area contributed by atoms with Gasteiger partial charge in [-0.25, -0.2) is 14.4 Å². The zero-order valence-corrected chi connectivity index (χ0v) is 18.7. The van der Waals surface area contributed by atoms with E-state index >= 15 is 0 Å². The maximum absolute atomic E-state index is 12.9. The van der Waals surface area contributed by atoms with Crippen LogP contribution in [0.25, 0.3) is 33.1 Å². The lowest BCUT2D eigenvalue weighted by molar-refractivity contribution is 0.0727. The fourth-order valence-electron chi connectivity index (χ4n) is 3.89. The van der Waals surface area contributed by atoms with E-state index in [9.17, 15) is 14.4 Å². The van der Waals surface area contributed by atoms with E-state index in [1.807, 2.05) is 6.07 Å². The Morgan fingerprint density at radius 1 is 0.743 bits per heavy atom. The number of carbonyl (C=O) groups is 1. The molecule has 5 aromatic rings. The first-order valence-corrected chi connectivity index (χ1v) is 10.5. The average molecular weight is 470 g/mol. The van der Waals surface area contributed by atoms with E-state index in [4.69, 9.17) is 23.0 Å². The van der Waals surface area contributed by atoms with Crippen LogP contribution in [-0.2, 0) is 0 Å². The van der Waals surface area contributed by atoms with Crippen molar-refractivity contribution in [3.63, 3.8) is 0 Å². The van der Waals surface area contributed by atoms with Crippen molar-refractivity contribution < 1.29 is 27.8 Å². The molecule has 0 spiro atoms. The van der Waals surface area contributed by atoms with Gasteiger partial charge in [-0.15, -0.1) is 0 Å². The van der Waals surface area contributed by atoms with Crippen LogP contribution < -0.4 is 25.5 Å². The Morgan fingerprint density at radius 3 is 2.23 bits per heavy atom. The number of esters is 1. The lowest BCUT2D eigenvalue weighted by Gasteiger charge is -2.12. The molecule has 2 aromatic heterocycles. The molecule has 0 aliphatic carbocycles. The van der Waals surface area contributed by atoms with Gasteiger partial charge in [0, 0.05) is 28.5 Å². The second-order valence-electron chi connectivity index (χ2n) is 7.55. The molecule has 0 saturated carbocycles. The molecule has 174 valence electrons. The van der Waals surface area contributed by atoms with Gasteiger partial charge in [0.05, 0.1) is 19.8 Å². The molecule has 0 bridgehead atoms. The molecule has 3 aromatic carbocycles. The summed E-state index contributed by atoms with van der Waals surface area (Å²) in [6, 6.07) is 19.4. The third kappa shape index (κ3) is 4.02. The number of hydrogen-bond donors (Lipinski definition) is 0. The van der Waals surface area contributed by atoms with E-state index in [-0.39, 0.29) is 34.0 Å². The lowest BCUT2D eigenvalue weighted by Crippen LogP contribution is -2.12. The number of carbonyl (C=O) groups excluding carboxylic acids is 1. The number of rotatable bonds is 5. The van der Waals surface area contributed by atoms with Crippen molar-refractivity contribution in [2.75, 3.05) is 14.2 Å². The summed E-state index contributed by atoms with van der Waals surface area (Å²) in [4.78, 5) is 37.9. The summed E-state index contributed by atoms with van der Waals surface area (Å²) in [7, 11) is 2.86. The first kappa shape index (κ1) is 22.0. The van der Waals surface area contributed by atoms with Crippen molar-refractivity contribution >= 4 is 27.9 Å². The highest BCUT2D eigenvalue weighted by atomic mass is 16.5. The summed E-state index contributed by atoms with van der Waals surface area (Å²) in [5.74, 6) is -0.0207. The maximum Gasteiger partial charge on any atom is 0.351 e. The molecule has 5 rings (SSSR count). The minimum Gasteiger partial charge on any atom is -0.496 e. The van der Waals surface area contributed by atoms with E-state index in [1.165, 1.54) is 32.4 Å². The summed E-state index contributed by atoms with van der Waals surface area (Å²) < 4.78 is 26.8. The Morgan fingerprint density at radius 2 is 1.49 bits per heavy atom. The summed E-state index contributed by atoms with van der Waals surface area (Å²) in [5, 5.41) is 1.18. The molecule has 0 amide bonds. The van der Waals surface area contributed by atoms with Crippen LogP contribution in [0.4, 0.5) is 0 Å². The van der Waals surface area contributed by atoms with E-state index in [0.29, 0.717) is 21.9 Å². The highest BCUT2D eigenvalue weighted by molar-refractivity contribution is 5.98. The van der Waals surface area contributed by atoms with E-state index in [0.717, 1.165) is 0 Å². The number of para-hydroxylation sites is 1. The zero-order valence-electron chi connectivity index (χ0n) is 18.7. The van der Waals surface area contributed by atoms with Crippen LogP contribution in [0.1, 0.15) is 10.4 Å². The Kier molecular flexibility index (Phi) is 5.54. The summed E-state index contributed by atoms with van der Waals surface area (Å²) >= 11 is 0. The smallest absolute Gasteiger partial charge is 0.351 e. The minimum atomic E-state index is -0.715. The highest BCUT2D eigenvalue weighted by Crippen LogP contribution is 2.32. The third-order valence-electron chi connectivity index (χ3n) is 5.49. The first-order chi connectivity index (χ1) is 17.0. The molecule has 8 nitrogen and oxygen atoms in total. The van der Waals surface area contributed by atoms with Crippen molar-refractivity contribution in [3.8, 4) is 28.4 Å². The van der Waals surface area contributed by atoms with Gasteiger partial charge in [0.1, 0.15) is 34.0 Å². The number of ether oxygens (including phenoxy) is 3. The predicted molar refractivity (Wildman–Crippen MR) is 128 cm³/mol. The molecule has 8 heteroatoms. The van der Waals surface area contributed by atoms with Crippen LogP contribution in [-0.4, -0.2) is 20.2 Å².